The molecular formula is C10H12N2O2. The van der Waals surface area contributed by atoms with Crippen molar-refractivity contribution in [2.24, 2.45) is 10.3 Å². The van der Waals surface area contributed by atoms with Crippen molar-refractivity contribution in [2.75, 3.05) is 0 Å². The zero-order chi connectivity index (χ0) is 10.0. The lowest BCUT2D eigenvalue weighted by atomic mass is 9.81. The van der Waals surface area contributed by atoms with Gasteiger partial charge in [-0.15, -0.1) is 6.42 Å². The van der Waals surface area contributed by atoms with Crippen LogP contribution in [0.5, 0.6) is 0 Å². The van der Waals surface area contributed by atoms with E-state index in [1.54, 1.807) is 0 Å². The first kappa shape index (κ1) is 9.07. The van der Waals surface area contributed by atoms with Crippen LogP contribution >= 0.6 is 0 Å². The summed E-state index contributed by atoms with van der Waals surface area (Å²) in [6.07, 6.45) is 9.18. The van der Waals surface area contributed by atoms with Gasteiger partial charge in [-0.05, 0) is 25.7 Å². The van der Waals surface area contributed by atoms with E-state index in [0.717, 1.165) is 37.8 Å². The Kier molecular flexibility index (Phi) is 2.16. The van der Waals surface area contributed by atoms with Gasteiger partial charge in [0.1, 0.15) is 11.3 Å². The molecule has 14 heavy (non-hydrogen) atoms. The van der Waals surface area contributed by atoms with Gasteiger partial charge in [0, 0.05) is 6.42 Å². The molecule has 0 saturated heterocycles. The van der Waals surface area contributed by atoms with E-state index in [1.807, 2.05) is 0 Å². The van der Waals surface area contributed by atoms with E-state index in [9.17, 15) is 0 Å². The maximum Gasteiger partial charge on any atom is 0.144 e. The third kappa shape index (κ3) is 1.46. The Hall–Kier alpha value is -1.50. The van der Waals surface area contributed by atoms with Gasteiger partial charge in [-0.2, -0.15) is 0 Å². The van der Waals surface area contributed by atoms with E-state index in [2.05, 4.69) is 16.2 Å². The monoisotopic (exact) mass is 192 g/mol. The molecule has 0 unspecified atom stereocenters. The van der Waals surface area contributed by atoms with Gasteiger partial charge in [-0.1, -0.05) is 16.2 Å². The Morgan fingerprint density at radius 3 is 2.71 bits per heavy atom. The smallest absolute Gasteiger partial charge is 0.144 e. The molecule has 1 aliphatic heterocycles. The van der Waals surface area contributed by atoms with E-state index in [1.165, 1.54) is 0 Å². The lowest BCUT2D eigenvalue weighted by molar-refractivity contribution is -0.0334. The Balaban J connectivity index is 2.00. The summed E-state index contributed by atoms with van der Waals surface area (Å²) in [7, 11) is 0. The van der Waals surface area contributed by atoms with Crippen LogP contribution in [-0.2, 0) is 4.84 Å². The SMILES string of the molecule is C#CC1=NOC2(CCC(=NO)CC2)C1. The van der Waals surface area contributed by atoms with Gasteiger partial charge in [0.05, 0.1) is 5.71 Å². The van der Waals surface area contributed by atoms with Crippen LogP contribution in [-0.4, -0.2) is 22.2 Å². The van der Waals surface area contributed by atoms with Crippen LogP contribution in [0.3, 0.4) is 0 Å². The molecule has 0 amide bonds. The van der Waals surface area contributed by atoms with Crippen molar-refractivity contribution in [2.45, 2.75) is 37.7 Å². The highest BCUT2D eigenvalue weighted by Crippen LogP contribution is 2.37. The van der Waals surface area contributed by atoms with Gasteiger partial charge < -0.3 is 10.0 Å². The molecule has 0 atom stereocenters. The Morgan fingerprint density at radius 2 is 2.21 bits per heavy atom. The second-order valence-corrected chi connectivity index (χ2v) is 3.80. The molecule has 1 saturated carbocycles. The summed E-state index contributed by atoms with van der Waals surface area (Å²) < 4.78 is 0. The van der Waals surface area contributed by atoms with Gasteiger partial charge in [-0.25, -0.2) is 0 Å². The summed E-state index contributed by atoms with van der Waals surface area (Å²) in [4.78, 5) is 5.39. The highest BCUT2D eigenvalue weighted by molar-refractivity contribution is 6.01. The Labute approximate surface area is 82.6 Å². The first-order chi connectivity index (χ1) is 6.78. The van der Waals surface area contributed by atoms with Crippen molar-refractivity contribution in [1.82, 2.24) is 0 Å². The zero-order valence-corrected chi connectivity index (χ0v) is 7.86. The highest BCUT2D eigenvalue weighted by atomic mass is 16.7. The topological polar surface area (TPSA) is 54.2 Å². The van der Waals surface area contributed by atoms with Gasteiger partial charge in [0.25, 0.3) is 0 Å². The van der Waals surface area contributed by atoms with Crippen LogP contribution in [0.25, 0.3) is 0 Å². The second kappa shape index (κ2) is 3.33. The number of terminal acetylenes is 1. The first-order valence-electron chi connectivity index (χ1n) is 4.69. The minimum Gasteiger partial charge on any atom is -0.411 e. The molecule has 0 aromatic carbocycles. The minimum absolute atomic E-state index is 0.212. The number of oxime groups is 2. The standard InChI is InChI=1S/C10H12N2O2/c1-2-8-7-10(14-12-8)5-3-9(11-13)4-6-10/h1,13H,3-7H2. The lowest BCUT2D eigenvalue weighted by Crippen LogP contribution is -2.34. The zero-order valence-electron chi connectivity index (χ0n) is 7.86. The van der Waals surface area contributed by atoms with Crippen molar-refractivity contribution in [3.63, 3.8) is 0 Å². The maximum atomic E-state index is 8.61. The molecule has 1 heterocycles. The fourth-order valence-electron chi connectivity index (χ4n) is 1.96. The van der Waals surface area contributed by atoms with Crippen molar-refractivity contribution >= 4 is 11.4 Å². The molecule has 4 heteroatoms. The van der Waals surface area contributed by atoms with E-state index in [4.69, 9.17) is 16.5 Å². The van der Waals surface area contributed by atoms with Crippen LogP contribution in [0.15, 0.2) is 10.3 Å². The summed E-state index contributed by atoms with van der Waals surface area (Å²) in [5.41, 5.74) is 1.32. The molecule has 0 radical (unpaired) electrons. The molecule has 1 fully saturated rings. The summed E-state index contributed by atoms with van der Waals surface area (Å²) in [6.45, 7) is 0. The molecule has 1 aliphatic carbocycles. The van der Waals surface area contributed by atoms with E-state index in [-0.39, 0.29) is 5.60 Å². The van der Waals surface area contributed by atoms with Crippen LogP contribution in [0.1, 0.15) is 32.1 Å². The van der Waals surface area contributed by atoms with Crippen LogP contribution in [0, 0.1) is 12.3 Å². The normalized spacial score (nSPS) is 30.8. The molecule has 0 bridgehead atoms. The summed E-state index contributed by atoms with van der Waals surface area (Å²) in [5.74, 6) is 2.51. The summed E-state index contributed by atoms with van der Waals surface area (Å²) in [6, 6.07) is 0. The third-order valence-electron chi connectivity index (χ3n) is 2.89. The predicted octanol–water partition coefficient (Wildman–Crippen LogP) is 1.54. The van der Waals surface area contributed by atoms with Crippen LogP contribution in [0.4, 0.5) is 0 Å². The largest absolute Gasteiger partial charge is 0.411 e. The fourth-order valence-corrected chi connectivity index (χ4v) is 1.96. The number of hydrogen-bond acceptors (Lipinski definition) is 4. The minimum atomic E-state index is -0.212. The van der Waals surface area contributed by atoms with E-state index < -0.39 is 0 Å². The molecule has 1 N–H and O–H groups in total. The Bertz CT molecular complexity index is 329. The molecule has 2 rings (SSSR count). The second-order valence-electron chi connectivity index (χ2n) is 3.80. The molecule has 4 nitrogen and oxygen atoms in total. The molecule has 2 aliphatic rings. The van der Waals surface area contributed by atoms with Crippen molar-refractivity contribution < 1.29 is 10.0 Å². The number of hydrogen-bond donors (Lipinski definition) is 1. The van der Waals surface area contributed by atoms with Crippen molar-refractivity contribution in [3.8, 4) is 12.3 Å². The van der Waals surface area contributed by atoms with Gasteiger partial charge in [-0.3, -0.25) is 0 Å². The predicted molar refractivity (Wildman–Crippen MR) is 52.4 cm³/mol. The fraction of sp³-hybridized carbons (Fsp3) is 0.600. The number of rotatable bonds is 0. The quantitative estimate of drug-likeness (QED) is 0.359. The summed E-state index contributed by atoms with van der Waals surface area (Å²) in [5, 5.41) is 15.7. The van der Waals surface area contributed by atoms with Crippen LogP contribution < -0.4 is 0 Å². The summed E-state index contributed by atoms with van der Waals surface area (Å²) >= 11 is 0. The molecule has 0 aromatic rings. The van der Waals surface area contributed by atoms with Crippen LogP contribution in [0.2, 0.25) is 0 Å². The lowest BCUT2D eigenvalue weighted by Gasteiger charge is -2.30. The first-order valence-corrected chi connectivity index (χ1v) is 4.69. The average molecular weight is 192 g/mol. The Morgan fingerprint density at radius 1 is 1.50 bits per heavy atom. The molecule has 1 spiro atoms. The van der Waals surface area contributed by atoms with E-state index >= 15 is 0 Å². The maximum absolute atomic E-state index is 8.61. The number of nitrogens with zero attached hydrogens (tertiary/aromatic N) is 2. The highest BCUT2D eigenvalue weighted by Gasteiger charge is 2.41. The van der Waals surface area contributed by atoms with E-state index in [0.29, 0.717) is 5.71 Å². The van der Waals surface area contributed by atoms with Crippen molar-refractivity contribution in [3.05, 3.63) is 0 Å². The van der Waals surface area contributed by atoms with Gasteiger partial charge in [0.2, 0.25) is 0 Å². The molecule has 0 aromatic heterocycles. The van der Waals surface area contributed by atoms with Crippen molar-refractivity contribution in [1.29, 1.82) is 0 Å². The molecular weight excluding hydrogens is 180 g/mol. The third-order valence-corrected chi connectivity index (χ3v) is 2.89. The van der Waals surface area contributed by atoms with Gasteiger partial charge >= 0.3 is 0 Å². The van der Waals surface area contributed by atoms with Gasteiger partial charge in [0.15, 0.2) is 0 Å². The molecule has 74 valence electrons. The average Bonchev–Trinajstić information content (AvgIpc) is 2.63.